The van der Waals surface area contributed by atoms with Gasteiger partial charge in [-0.3, -0.25) is 9.00 Å². The second-order valence-corrected chi connectivity index (χ2v) is 5.38. The highest BCUT2D eigenvalue weighted by Crippen LogP contribution is 2.03. The van der Waals surface area contributed by atoms with Crippen LogP contribution in [0.2, 0.25) is 0 Å². The standard InChI is InChI=1S/C10H19NO2S/c1-2-10(12)4-3-5-11-6-8-14(13)9-7-11/h2-9H2,1H3. The molecule has 1 rings (SSSR count). The van der Waals surface area contributed by atoms with Gasteiger partial charge < -0.3 is 4.90 Å². The largest absolute Gasteiger partial charge is 0.301 e. The summed E-state index contributed by atoms with van der Waals surface area (Å²) in [5.41, 5.74) is 0. The monoisotopic (exact) mass is 217 g/mol. The summed E-state index contributed by atoms with van der Waals surface area (Å²) in [6.07, 6.45) is 2.32. The summed E-state index contributed by atoms with van der Waals surface area (Å²) in [7, 11) is -0.585. The Kier molecular flexibility index (Phi) is 5.33. The minimum atomic E-state index is -0.585. The van der Waals surface area contributed by atoms with Gasteiger partial charge in [0.15, 0.2) is 0 Å². The second kappa shape index (κ2) is 6.30. The molecule has 4 heteroatoms. The van der Waals surface area contributed by atoms with Crippen LogP contribution in [-0.2, 0) is 15.6 Å². The average molecular weight is 217 g/mol. The first-order valence-corrected chi connectivity index (χ1v) is 6.80. The molecule has 0 saturated carbocycles. The van der Waals surface area contributed by atoms with Crippen LogP contribution in [0.4, 0.5) is 0 Å². The zero-order valence-corrected chi connectivity index (χ0v) is 9.65. The fourth-order valence-corrected chi connectivity index (χ4v) is 2.70. The number of hydrogen-bond donors (Lipinski definition) is 0. The van der Waals surface area contributed by atoms with E-state index in [0.29, 0.717) is 18.6 Å². The number of ketones is 1. The van der Waals surface area contributed by atoms with Gasteiger partial charge in [0.05, 0.1) is 0 Å². The van der Waals surface area contributed by atoms with Crippen molar-refractivity contribution in [1.29, 1.82) is 0 Å². The number of hydrogen-bond acceptors (Lipinski definition) is 3. The predicted octanol–water partition coefficient (Wildman–Crippen LogP) is 0.810. The normalized spacial score (nSPS) is 19.8. The Labute approximate surface area is 88.3 Å². The molecule has 0 atom stereocenters. The van der Waals surface area contributed by atoms with Crippen LogP contribution in [0, 0.1) is 0 Å². The Morgan fingerprint density at radius 1 is 1.36 bits per heavy atom. The van der Waals surface area contributed by atoms with E-state index in [4.69, 9.17) is 0 Å². The summed E-state index contributed by atoms with van der Waals surface area (Å²) in [6, 6.07) is 0. The third kappa shape index (κ3) is 4.33. The van der Waals surface area contributed by atoms with Gasteiger partial charge in [0.2, 0.25) is 0 Å². The maximum atomic E-state index is 11.1. The smallest absolute Gasteiger partial charge is 0.132 e. The van der Waals surface area contributed by atoms with E-state index < -0.39 is 10.8 Å². The minimum Gasteiger partial charge on any atom is -0.301 e. The van der Waals surface area contributed by atoms with Gasteiger partial charge in [-0.25, -0.2) is 0 Å². The lowest BCUT2D eigenvalue weighted by molar-refractivity contribution is -0.118. The van der Waals surface area contributed by atoms with Crippen LogP contribution >= 0.6 is 0 Å². The molecule has 82 valence electrons. The number of carbonyl (C=O) groups excluding carboxylic acids is 1. The van der Waals surface area contributed by atoms with Crippen molar-refractivity contribution in [2.75, 3.05) is 31.1 Å². The molecule has 0 N–H and O–H groups in total. The first kappa shape index (κ1) is 11.9. The topological polar surface area (TPSA) is 37.4 Å². The van der Waals surface area contributed by atoms with E-state index in [9.17, 15) is 9.00 Å². The Balaban J connectivity index is 2.07. The van der Waals surface area contributed by atoms with Gasteiger partial charge in [-0.15, -0.1) is 0 Å². The molecule has 0 radical (unpaired) electrons. The highest BCUT2D eigenvalue weighted by atomic mass is 32.2. The third-order valence-corrected chi connectivity index (χ3v) is 3.87. The summed E-state index contributed by atoms with van der Waals surface area (Å²) < 4.78 is 11.1. The van der Waals surface area contributed by atoms with Crippen molar-refractivity contribution in [3.8, 4) is 0 Å². The van der Waals surface area contributed by atoms with Crippen LogP contribution in [0.25, 0.3) is 0 Å². The fourth-order valence-electron chi connectivity index (χ4n) is 1.58. The van der Waals surface area contributed by atoms with E-state index in [0.717, 1.165) is 37.6 Å². The number of rotatable bonds is 5. The second-order valence-electron chi connectivity index (χ2n) is 3.69. The van der Waals surface area contributed by atoms with Crippen LogP contribution in [-0.4, -0.2) is 46.0 Å². The van der Waals surface area contributed by atoms with Gasteiger partial charge in [0, 0.05) is 48.2 Å². The van der Waals surface area contributed by atoms with Gasteiger partial charge in [0.1, 0.15) is 5.78 Å². The summed E-state index contributed by atoms with van der Waals surface area (Å²) in [5.74, 6) is 1.97. The van der Waals surface area contributed by atoms with Crippen molar-refractivity contribution in [2.24, 2.45) is 0 Å². The predicted molar refractivity (Wildman–Crippen MR) is 58.8 cm³/mol. The van der Waals surface area contributed by atoms with Crippen LogP contribution in [0.5, 0.6) is 0 Å². The Morgan fingerprint density at radius 2 is 2.00 bits per heavy atom. The fraction of sp³-hybridized carbons (Fsp3) is 0.900. The molecule has 0 unspecified atom stereocenters. The van der Waals surface area contributed by atoms with E-state index >= 15 is 0 Å². The highest BCUT2D eigenvalue weighted by Gasteiger charge is 2.14. The Morgan fingerprint density at radius 3 is 2.57 bits per heavy atom. The summed E-state index contributed by atoms with van der Waals surface area (Å²) in [6.45, 7) is 4.77. The van der Waals surface area contributed by atoms with Crippen molar-refractivity contribution < 1.29 is 9.00 Å². The number of carbonyl (C=O) groups is 1. The molecule has 0 aliphatic carbocycles. The molecule has 1 aliphatic heterocycles. The maximum absolute atomic E-state index is 11.1. The summed E-state index contributed by atoms with van der Waals surface area (Å²) >= 11 is 0. The van der Waals surface area contributed by atoms with Crippen LogP contribution < -0.4 is 0 Å². The molecule has 14 heavy (non-hydrogen) atoms. The Bertz CT molecular complexity index is 208. The minimum absolute atomic E-state index is 0.352. The number of Topliss-reactive ketones (excluding diaryl/α,β-unsaturated/α-hetero) is 1. The molecular weight excluding hydrogens is 198 g/mol. The summed E-state index contributed by atoms with van der Waals surface area (Å²) in [4.78, 5) is 13.3. The lowest BCUT2D eigenvalue weighted by Crippen LogP contribution is -2.38. The van der Waals surface area contributed by atoms with Gasteiger partial charge in [-0.05, 0) is 13.0 Å². The van der Waals surface area contributed by atoms with Gasteiger partial charge in [-0.1, -0.05) is 6.92 Å². The third-order valence-electron chi connectivity index (χ3n) is 2.59. The average Bonchev–Trinajstić information content (AvgIpc) is 2.21. The van der Waals surface area contributed by atoms with Crippen molar-refractivity contribution in [3.05, 3.63) is 0 Å². The van der Waals surface area contributed by atoms with Crippen molar-refractivity contribution in [3.63, 3.8) is 0 Å². The lowest BCUT2D eigenvalue weighted by atomic mass is 10.2. The molecule has 1 fully saturated rings. The summed E-state index contributed by atoms with van der Waals surface area (Å²) in [5, 5.41) is 0. The van der Waals surface area contributed by atoms with Gasteiger partial charge >= 0.3 is 0 Å². The highest BCUT2D eigenvalue weighted by molar-refractivity contribution is 7.85. The molecule has 0 amide bonds. The zero-order chi connectivity index (χ0) is 10.4. The van der Waals surface area contributed by atoms with Crippen LogP contribution in [0.1, 0.15) is 26.2 Å². The van der Waals surface area contributed by atoms with E-state index in [1.54, 1.807) is 0 Å². The van der Waals surface area contributed by atoms with Gasteiger partial charge in [-0.2, -0.15) is 0 Å². The lowest BCUT2D eigenvalue weighted by Gasteiger charge is -2.25. The van der Waals surface area contributed by atoms with Crippen molar-refractivity contribution in [2.45, 2.75) is 26.2 Å². The molecule has 3 nitrogen and oxygen atoms in total. The number of nitrogens with zero attached hydrogens (tertiary/aromatic N) is 1. The first-order valence-electron chi connectivity index (χ1n) is 5.31. The van der Waals surface area contributed by atoms with E-state index in [1.807, 2.05) is 6.92 Å². The van der Waals surface area contributed by atoms with Crippen LogP contribution in [0.3, 0.4) is 0 Å². The maximum Gasteiger partial charge on any atom is 0.132 e. The molecular formula is C10H19NO2S. The van der Waals surface area contributed by atoms with Gasteiger partial charge in [0.25, 0.3) is 0 Å². The van der Waals surface area contributed by atoms with E-state index in [1.165, 1.54) is 0 Å². The molecule has 0 spiro atoms. The first-order chi connectivity index (χ1) is 6.72. The Hall–Kier alpha value is -0.220. The quantitative estimate of drug-likeness (QED) is 0.684. The molecule has 0 bridgehead atoms. The van der Waals surface area contributed by atoms with E-state index in [2.05, 4.69) is 4.90 Å². The molecule has 0 aromatic rings. The van der Waals surface area contributed by atoms with Crippen LogP contribution in [0.15, 0.2) is 0 Å². The molecule has 1 saturated heterocycles. The zero-order valence-electron chi connectivity index (χ0n) is 8.83. The molecule has 0 aromatic heterocycles. The molecule has 1 heterocycles. The van der Waals surface area contributed by atoms with Crippen molar-refractivity contribution >= 4 is 16.6 Å². The SMILES string of the molecule is CCC(=O)CCCN1CCS(=O)CC1. The molecule has 1 aliphatic rings. The molecule has 0 aromatic carbocycles. The van der Waals surface area contributed by atoms with E-state index in [-0.39, 0.29) is 0 Å². The van der Waals surface area contributed by atoms with Crippen molar-refractivity contribution in [1.82, 2.24) is 4.90 Å².